The van der Waals surface area contributed by atoms with Gasteiger partial charge in [0.25, 0.3) is 0 Å². The number of fused-ring (bicyclic) bond motifs is 2. The van der Waals surface area contributed by atoms with Crippen molar-refractivity contribution in [3.8, 4) is 57.5 Å². The highest BCUT2D eigenvalue weighted by molar-refractivity contribution is 5.63. The molecule has 12 nitrogen and oxygen atoms in total. The maximum atomic E-state index is 11.6. The van der Waals surface area contributed by atoms with Crippen molar-refractivity contribution in [2.45, 2.75) is 36.8 Å². The molecule has 0 unspecified atom stereocenters. The summed E-state index contributed by atoms with van der Waals surface area (Å²) in [4.78, 5) is 0. The quantitative estimate of drug-likeness (QED) is 0.159. The van der Waals surface area contributed by atoms with Gasteiger partial charge in [-0.05, 0) is 35.9 Å². The highest BCUT2D eigenvalue weighted by Gasteiger charge is 2.44. The highest BCUT2D eigenvalue weighted by atomic mass is 16.5. The summed E-state index contributed by atoms with van der Waals surface area (Å²) in [6, 6.07) is 11.3. The third-order valence-corrected chi connectivity index (χ3v) is 7.70. The van der Waals surface area contributed by atoms with Gasteiger partial charge in [-0.1, -0.05) is 12.1 Å². The monoisotopic (exact) mass is 578 g/mol. The first-order valence-corrected chi connectivity index (χ1v) is 12.8. The Morgan fingerprint density at radius 1 is 0.571 bits per heavy atom. The van der Waals surface area contributed by atoms with Crippen LogP contribution in [0.5, 0.6) is 57.5 Å². The minimum absolute atomic E-state index is 0.0361. The third-order valence-electron chi connectivity index (χ3n) is 7.70. The standard InChI is InChI=1S/C30H26O12/c31-13-2-3-14-22(8-13)42-30(12-6-19(35)27(39)20(36)7-12)28(40)24(14)25-18(34)10-23-15(26(25)38)9-21(37)29(41-23)11-1-4-16(32)17(33)5-11/h1-8,10,21,24,28-40H,9H2/t21-,24-,28-,29-,30+/m0/s1. The number of hydrogen-bond donors (Lipinski definition) is 10. The molecule has 2 aliphatic rings. The molecule has 4 aromatic rings. The maximum Gasteiger partial charge on any atom is 0.200 e. The smallest absolute Gasteiger partial charge is 0.200 e. The van der Waals surface area contributed by atoms with Crippen molar-refractivity contribution in [2.24, 2.45) is 0 Å². The summed E-state index contributed by atoms with van der Waals surface area (Å²) in [6.07, 6.45) is -5.24. The average molecular weight is 579 g/mol. The van der Waals surface area contributed by atoms with Crippen LogP contribution in [0.2, 0.25) is 0 Å². The van der Waals surface area contributed by atoms with E-state index in [0.29, 0.717) is 5.56 Å². The molecule has 2 aliphatic heterocycles. The maximum absolute atomic E-state index is 11.6. The van der Waals surface area contributed by atoms with Gasteiger partial charge in [-0.2, -0.15) is 0 Å². The number of hydrogen-bond acceptors (Lipinski definition) is 12. The van der Waals surface area contributed by atoms with Crippen LogP contribution in [0, 0.1) is 0 Å². The summed E-state index contributed by atoms with van der Waals surface area (Å²) < 4.78 is 11.8. The molecule has 12 heteroatoms. The van der Waals surface area contributed by atoms with Gasteiger partial charge in [-0.3, -0.25) is 0 Å². The normalized spacial score (nSPS) is 22.9. The van der Waals surface area contributed by atoms with Crippen molar-refractivity contribution in [1.29, 1.82) is 0 Å². The Morgan fingerprint density at radius 3 is 1.93 bits per heavy atom. The van der Waals surface area contributed by atoms with E-state index in [-0.39, 0.29) is 51.7 Å². The second-order valence-electron chi connectivity index (χ2n) is 10.3. The van der Waals surface area contributed by atoms with Crippen LogP contribution in [0.4, 0.5) is 0 Å². The Balaban J connectivity index is 1.45. The molecule has 0 saturated carbocycles. The largest absolute Gasteiger partial charge is 0.508 e. The number of benzene rings is 4. The Bertz CT molecular complexity index is 1690. The molecule has 2 heterocycles. The van der Waals surface area contributed by atoms with Gasteiger partial charge >= 0.3 is 0 Å². The number of phenolic OH excluding ortho intramolecular Hbond substituents is 8. The Hall–Kier alpha value is -5.20. The summed E-state index contributed by atoms with van der Waals surface area (Å²) >= 11 is 0. The molecule has 0 radical (unpaired) electrons. The predicted octanol–water partition coefficient (Wildman–Crippen LogP) is 3.00. The van der Waals surface area contributed by atoms with Crippen molar-refractivity contribution >= 4 is 0 Å². The lowest BCUT2D eigenvalue weighted by Gasteiger charge is -2.39. The van der Waals surface area contributed by atoms with Crippen molar-refractivity contribution < 1.29 is 60.5 Å². The predicted molar refractivity (Wildman–Crippen MR) is 143 cm³/mol. The Labute approximate surface area is 237 Å². The number of phenols is 8. The number of aromatic hydroxyl groups is 8. The van der Waals surface area contributed by atoms with E-state index in [2.05, 4.69) is 0 Å². The molecule has 42 heavy (non-hydrogen) atoms. The second kappa shape index (κ2) is 9.72. The number of rotatable bonds is 3. The molecule has 0 aromatic heterocycles. The van der Waals surface area contributed by atoms with Crippen LogP contribution in [-0.2, 0) is 6.42 Å². The summed E-state index contributed by atoms with van der Waals surface area (Å²) in [6.45, 7) is 0. The lowest BCUT2D eigenvalue weighted by molar-refractivity contribution is 0.00650. The first-order chi connectivity index (χ1) is 19.9. The average Bonchev–Trinajstić information content (AvgIpc) is 2.94. The third kappa shape index (κ3) is 4.24. The van der Waals surface area contributed by atoms with Gasteiger partial charge < -0.3 is 60.5 Å². The van der Waals surface area contributed by atoms with Crippen molar-refractivity contribution in [3.63, 3.8) is 0 Å². The summed E-state index contributed by atoms with van der Waals surface area (Å²) in [5.74, 6) is -5.12. The van der Waals surface area contributed by atoms with Gasteiger partial charge in [0.2, 0.25) is 0 Å². The molecular formula is C30H26O12. The van der Waals surface area contributed by atoms with Crippen LogP contribution in [0.15, 0.2) is 54.6 Å². The zero-order valence-electron chi connectivity index (χ0n) is 21.6. The number of aliphatic hydroxyl groups excluding tert-OH is 2. The molecule has 0 spiro atoms. The van der Waals surface area contributed by atoms with E-state index < -0.39 is 64.8 Å². The van der Waals surface area contributed by atoms with Crippen molar-refractivity contribution in [1.82, 2.24) is 0 Å². The summed E-state index contributed by atoms with van der Waals surface area (Å²) in [7, 11) is 0. The van der Waals surface area contributed by atoms with Gasteiger partial charge in [0.05, 0.1) is 6.10 Å². The highest BCUT2D eigenvalue weighted by Crippen LogP contribution is 2.55. The molecule has 0 fully saturated rings. The van der Waals surface area contributed by atoms with Crippen LogP contribution < -0.4 is 9.47 Å². The van der Waals surface area contributed by atoms with E-state index in [1.807, 2.05) is 0 Å². The van der Waals surface area contributed by atoms with E-state index in [4.69, 9.17) is 9.47 Å². The first kappa shape index (κ1) is 27.0. The zero-order valence-corrected chi connectivity index (χ0v) is 21.6. The minimum Gasteiger partial charge on any atom is -0.508 e. The van der Waals surface area contributed by atoms with Gasteiger partial charge in [-0.15, -0.1) is 0 Å². The molecular weight excluding hydrogens is 552 g/mol. The van der Waals surface area contributed by atoms with Gasteiger partial charge in [0.15, 0.2) is 34.9 Å². The molecule has 4 aromatic carbocycles. The van der Waals surface area contributed by atoms with Crippen LogP contribution in [0.1, 0.15) is 45.9 Å². The molecule has 0 saturated heterocycles. The minimum atomic E-state index is -1.55. The zero-order chi connectivity index (χ0) is 30.0. The molecule has 5 atom stereocenters. The summed E-state index contributed by atoms with van der Waals surface area (Å²) in [5.41, 5.74) is 0.660. The molecule has 0 aliphatic carbocycles. The lowest BCUT2D eigenvalue weighted by atomic mass is 9.78. The van der Waals surface area contributed by atoms with Gasteiger partial charge in [-0.25, -0.2) is 0 Å². The lowest BCUT2D eigenvalue weighted by Crippen LogP contribution is -2.35. The van der Waals surface area contributed by atoms with Crippen LogP contribution in [0.25, 0.3) is 0 Å². The fourth-order valence-corrected chi connectivity index (χ4v) is 5.67. The second-order valence-corrected chi connectivity index (χ2v) is 10.3. The summed E-state index contributed by atoms with van der Waals surface area (Å²) in [5, 5.41) is 105. The topological polar surface area (TPSA) is 221 Å². The fraction of sp³-hybridized carbons (Fsp3) is 0.200. The van der Waals surface area contributed by atoms with Gasteiger partial charge in [0.1, 0.15) is 41.0 Å². The SMILES string of the molecule is Oc1ccc2c(c1)O[C@H](c1cc(O)c(O)c(O)c1)[C@@H](O)[C@@H]2c1c(O)cc2c(c1O)C[C@H](O)[C@H](c1ccc(O)c(O)c1)O2. The van der Waals surface area contributed by atoms with Crippen LogP contribution in [0.3, 0.4) is 0 Å². The van der Waals surface area contributed by atoms with E-state index in [9.17, 15) is 51.1 Å². The number of ether oxygens (including phenoxy) is 2. The Morgan fingerprint density at radius 2 is 1.24 bits per heavy atom. The van der Waals surface area contributed by atoms with E-state index in [1.165, 1.54) is 42.5 Å². The van der Waals surface area contributed by atoms with Crippen LogP contribution in [-0.4, -0.2) is 63.3 Å². The number of aliphatic hydroxyl groups is 2. The molecule has 218 valence electrons. The molecule has 6 rings (SSSR count). The van der Waals surface area contributed by atoms with Crippen molar-refractivity contribution in [2.75, 3.05) is 0 Å². The molecule has 0 bridgehead atoms. The van der Waals surface area contributed by atoms with E-state index in [1.54, 1.807) is 0 Å². The molecule has 10 N–H and O–H groups in total. The van der Waals surface area contributed by atoms with Crippen molar-refractivity contribution in [3.05, 3.63) is 82.4 Å². The van der Waals surface area contributed by atoms with E-state index >= 15 is 0 Å². The Kier molecular flexibility index (Phi) is 6.24. The van der Waals surface area contributed by atoms with Gasteiger partial charge in [0, 0.05) is 46.7 Å². The first-order valence-electron chi connectivity index (χ1n) is 12.8. The fourth-order valence-electron chi connectivity index (χ4n) is 5.67. The molecule has 0 amide bonds. The van der Waals surface area contributed by atoms with Crippen LogP contribution >= 0.6 is 0 Å². The van der Waals surface area contributed by atoms with E-state index in [0.717, 1.165) is 12.1 Å².